The van der Waals surface area contributed by atoms with E-state index in [1.807, 2.05) is 25.1 Å². The van der Waals surface area contributed by atoms with E-state index < -0.39 is 0 Å². The number of hydrogen-bond donors (Lipinski definition) is 2. The molecule has 3 aromatic heterocycles. The van der Waals surface area contributed by atoms with Crippen LogP contribution in [0, 0.1) is 24.2 Å². The van der Waals surface area contributed by atoms with Gasteiger partial charge in [0.05, 0.1) is 16.6 Å². The number of nitrogens with zero attached hydrogens (tertiary/aromatic N) is 5. The van der Waals surface area contributed by atoms with Gasteiger partial charge >= 0.3 is 0 Å². The molecule has 0 radical (unpaired) electrons. The number of amides is 1. The zero-order valence-corrected chi connectivity index (χ0v) is 20.2. The van der Waals surface area contributed by atoms with Crippen molar-refractivity contribution in [3.05, 3.63) is 77.6 Å². The Balaban J connectivity index is 1.55. The van der Waals surface area contributed by atoms with Crippen molar-refractivity contribution in [2.24, 2.45) is 5.92 Å². The third-order valence-corrected chi connectivity index (χ3v) is 6.34. The number of aromatic nitrogens is 4. The molecular weight excluding hydrogens is 438 g/mol. The van der Waals surface area contributed by atoms with E-state index in [0.717, 1.165) is 27.6 Å². The highest BCUT2D eigenvalue weighted by molar-refractivity contribution is 6.06. The van der Waals surface area contributed by atoms with Crippen molar-refractivity contribution in [1.82, 2.24) is 25.3 Å². The first kappa shape index (κ1) is 23.8. The number of pyridine rings is 2. The predicted octanol–water partition coefficient (Wildman–Crippen LogP) is 4.48. The Kier molecular flexibility index (Phi) is 6.97. The molecule has 0 spiro atoms. The van der Waals surface area contributed by atoms with Crippen molar-refractivity contribution in [1.29, 1.82) is 5.26 Å². The topological polar surface area (TPSA) is 116 Å². The number of carbonyl (C=O) groups excluding carboxylic acids is 1. The maximum Gasteiger partial charge on any atom is 0.251 e. The van der Waals surface area contributed by atoms with Gasteiger partial charge in [-0.15, -0.1) is 0 Å². The standard InChI is InChI=1S/C27H27N7O/c1-16(17(2)21-6-5-7-22-23(27(35)29-4)8-9-30-26(21)22)12-33-25-10-24(19(11-28)13-34-25)20-14-31-18(3)32-15-20/h5-10,13-17H,12H2,1-4H3,(H,29,35)(H,33,34). The highest BCUT2D eigenvalue weighted by Gasteiger charge is 2.20. The molecule has 35 heavy (non-hydrogen) atoms. The van der Waals surface area contributed by atoms with Crippen LogP contribution in [0.2, 0.25) is 0 Å². The van der Waals surface area contributed by atoms with Crippen LogP contribution >= 0.6 is 0 Å². The first-order valence-electron chi connectivity index (χ1n) is 11.5. The summed E-state index contributed by atoms with van der Waals surface area (Å²) in [5, 5.41) is 16.5. The number of nitriles is 1. The Morgan fingerprint density at radius 1 is 1.09 bits per heavy atom. The fraction of sp³-hybridized carbons (Fsp3) is 0.259. The van der Waals surface area contributed by atoms with Crippen LogP contribution in [0.15, 0.2) is 55.1 Å². The molecule has 0 saturated heterocycles. The molecule has 8 heteroatoms. The number of benzene rings is 1. The van der Waals surface area contributed by atoms with Gasteiger partial charge in [-0.3, -0.25) is 9.78 Å². The van der Waals surface area contributed by atoms with Crippen LogP contribution in [0.1, 0.15) is 47.1 Å². The molecule has 2 atom stereocenters. The summed E-state index contributed by atoms with van der Waals surface area (Å²) in [7, 11) is 1.63. The summed E-state index contributed by atoms with van der Waals surface area (Å²) >= 11 is 0. The molecule has 1 aromatic carbocycles. The molecule has 0 fully saturated rings. The van der Waals surface area contributed by atoms with Crippen LogP contribution in [0.4, 0.5) is 5.82 Å². The van der Waals surface area contributed by atoms with Gasteiger partial charge in [0, 0.05) is 54.9 Å². The Morgan fingerprint density at radius 3 is 2.57 bits per heavy atom. The summed E-state index contributed by atoms with van der Waals surface area (Å²) in [6.45, 7) is 6.81. The lowest BCUT2D eigenvalue weighted by molar-refractivity contribution is 0.0964. The number of para-hydroxylation sites is 1. The van der Waals surface area contributed by atoms with Crippen molar-refractivity contribution < 1.29 is 4.79 Å². The minimum Gasteiger partial charge on any atom is -0.370 e. The number of fused-ring (bicyclic) bond motifs is 1. The minimum atomic E-state index is -0.126. The fourth-order valence-corrected chi connectivity index (χ4v) is 4.06. The van der Waals surface area contributed by atoms with E-state index in [0.29, 0.717) is 29.3 Å². The number of nitrogens with one attached hydrogen (secondary N) is 2. The zero-order valence-electron chi connectivity index (χ0n) is 20.2. The third kappa shape index (κ3) is 4.94. The second-order valence-corrected chi connectivity index (χ2v) is 8.57. The molecule has 0 aliphatic rings. The average Bonchev–Trinajstić information content (AvgIpc) is 2.90. The van der Waals surface area contributed by atoms with E-state index in [9.17, 15) is 10.1 Å². The molecule has 0 aliphatic heterocycles. The van der Waals surface area contributed by atoms with Crippen LogP contribution < -0.4 is 10.6 Å². The van der Waals surface area contributed by atoms with Gasteiger partial charge in [-0.1, -0.05) is 32.0 Å². The first-order valence-corrected chi connectivity index (χ1v) is 11.5. The van der Waals surface area contributed by atoms with E-state index in [4.69, 9.17) is 0 Å². The molecule has 0 bridgehead atoms. The number of anilines is 1. The molecular formula is C27H27N7O. The highest BCUT2D eigenvalue weighted by Crippen LogP contribution is 2.31. The zero-order chi connectivity index (χ0) is 24.9. The largest absolute Gasteiger partial charge is 0.370 e. The molecule has 8 nitrogen and oxygen atoms in total. The van der Waals surface area contributed by atoms with E-state index in [2.05, 4.69) is 56.6 Å². The molecule has 4 aromatic rings. The Hall–Kier alpha value is -4.38. The fourth-order valence-electron chi connectivity index (χ4n) is 4.06. The highest BCUT2D eigenvalue weighted by atomic mass is 16.1. The summed E-state index contributed by atoms with van der Waals surface area (Å²) in [5.74, 6) is 1.62. The maximum absolute atomic E-state index is 12.3. The summed E-state index contributed by atoms with van der Waals surface area (Å²) < 4.78 is 0. The van der Waals surface area contributed by atoms with Gasteiger partial charge < -0.3 is 10.6 Å². The second-order valence-electron chi connectivity index (χ2n) is 8.57. The Morgan fingerprint density at radius 2 is 1.86 bits per heavy atom. The van der Waals surface area contributed by atoms with E-state index in [1.54, 1.807) is 37.9 Å². The number of rotatable bonds is 7. The van der Waals surface area contributed by atoms with Crippen molar-refractivity contribution in [2.75, 3.05) is 18.9 Å². The first-order chi connectivity index (χ1) is 16.9. The van der Waals surface area contributed by atoms with Crippen LogP contribution in [0.3, 0.4) is 0 Å². The Labute approximate surface area is 204 Å². The van der Waals surface area contributed by atoms with E-state index >= 15 is 0 Å². The van der Waals surface area contributed by atoms with Crippen molar-refractivity contribution >= 4 is 22.6 Å². The monoisotopic (exact) mass is 465 g/mol. The van der Waals surface area contributed by atoms with E-state index in [1.165, 1.54) is 0 Å². The maximum atomic E-state index is 12.3. The van der Waals surface area contributed by atoms with Gasteiger partial charge in [-0.25, -0.2) is 15.0 Å². The molecule has 2 unspecified atom stereocenters. The van der Waals surface area contributed by atoms with Crippen LogP contribution in [-0.2, 0) is 0 Å². The van der Waals surface area contributed by atoms with Gasteiger partial charge in [-0.2, -0.15) is 5.26 Å². The van der Waals surface area contributed by atoms with Gasteiger partial charge in [0.15, 0.2) is 0 Å². The van der Waals surface area contributed by atoms with Crippen molar-refractivity contribution in [3.8, 4) is 17.2 Å². The van der Waals surface area contributed by atoms with Crippen LogP contribution in [0.25, 0.3) is 22.0 Å². The van der Waals surface area contributed by atoms with Crippen molar-refractivity contribution in [2.45, 2.75) is 26.7 Å². The molecule has 0 aliphatic carbocycles. The normalized spacial score (nSPS) is 12.5. The van der Waals surface area contributed by atoms with Gasteiger partial charge in [0.25, 0.3) is 5.91 Å². The molecule has 2 N–H and O–H groups in total. The number of aryl methyl sites for hydroxylation is 1. The quantitative estimate of drug-likeness (QED) is 0.413. The lowest BCUT2D eigenvalue weighted by atomic mass is 9.87. The smallest absolute Gasteiger partial charge is 0.251 e. The van der Waals surface area contributed by atoms with Gasteiger partial charge in [-0.05, 0) is 36.5 Å². The summed E-state index contributed by atoms with van der Waals surface area (Å²) in [6.07, 6.45) is 6.69. The predicted molar refractivity (Wildman–Crippen MR) is 136 cm³/mol. The van der Waals surface area contributed by atoms with Gasteiger partial charge in [0.1, 0.15) is 17.7 Å². The molecule has 4 rings (SSSR count). The third-order valence-electron chi connectivity index (χ3n) is 6.34. The molecule has 1 amide bonds. The van der Waals surface area contributed by atoms with Crippen LogP contribution in [0.5, 0.6) is 0 Å². The SMILES string of the molecule is CNC(=O)c1ccnc2c(C(C)C(C)CNc3cc(-c4cnc(C)nc4)c(C#N)cn3)cccc12. The number of carbonyl (C=O) groups is 1. The molecule has 0 saturated carbocycles. The van der Waals surface area contributed by atoms with Gasteiger partial charge in [0.2, 0.25) is 0 Å². The lowest BCUT2D eigenvalue weighted by Gasteiger charge is -2.22. The lowest BCUT2D eigenvalue weighted by Crippen LogP contribution is -2.19. The summed E-state index contributed by atoms with van der Waals surface area (Å²) in [6, 6.07) is 11.8. The minimum absolute atomic E-state index is 0.126. The van der Waals surface area contributed by atoms with E-state index in [-0.39, 0.29) is 17.7 Å². The second kappa shape index (κ2) is 10.3. The van der Waals surface area contributed by atoms with Crippen molar-refractivity contribution in [3.63, 3.8) is 0 Å². The number of hydrogen-bond acceptors (Lipinski definition) is 7. The summed E-state index contributed by atoms with van der Waals surface area (Å²) in [5.41, 5.74) is 4.53. The average molecular weight is 466 g/mol. The molecule has 3 heterocycles. The Bertz CT molecular complexity index is 1410. The molecule has 176 valence electrons. The van der Waals surface area contributed by atoms with Crippen LogP contribution in [-0.4, -0.2) is 39.4 Å². The summed E-state index contributed by atoms with van der Waals surface area (Å²) in [4.78, 5) is 29.8.